The summed E-state index contributed by atoms with van der Waals surface area (Å²) in [7, 11) is -1.12. The van der Waals surface area contributed by atoms with Gasteiger partial charge in [-0.15, -0.1) is 0 Å². The number of hydrogen-bond acceptors (Lipinski definition) is 6. The van der Waals surface area contributed by atoms with Crippen LogP contribution in [-0.4, -0.2) is 47.4 Å². The van der Waals surface area contributed by atoms with Gasteiger partial charge >= 0.3 is 0 Å². The Kier molecular flexibility index (Phi) is 6.57. The van der Waals surface area contributed by atoms with Crippen LogP contribution in [0.15, 0.2) is 29.4 Å². The average Bonchev–Trinajstić information content (AvgIpc) is 3.09. The van der Waals surface area contributed by atoms with E-state index >= 15 is 0 Å². The van der Waals surface area contributed by atoms with Crippen molar-refractivity contribution in [3.8, 4) is 5.75 Å². The summed E-state index contributed by atoms with van der Waals surface area (Å²) < 4.78 is 14.8. The summed E-state index contributed by atoms with van der Waals surface area (Å²) in [5.74, 6) is 1.44. The highest BCUT2D eigenvalue weighted by atomic mass is 79.9. The molecule has 0 saturated heterocycles. The van der Waals surface area contributed by atoms with E-state index in [-0.39, 0.29) is 6.04 Å². The van der Waals surface area contributed by atoms with Gasteiger partial charge in [0.15, 0.2) is 5.75 Å². The molecule has 7 nitrogen and oxygen atoms in total. The van der Waals surface area contributed by atoms with Crippen molar-refractivity contribution in [2.75, 3.05) is 24.7 Å². The molecule has 1 aromatic carbocycles. The lowest BCUT2D eigenvalue weighted by atomic mass is 10.1. The lowest BCUT2D eigenvalue weighted by molar-refractivity contribution is 0.0846. The number of halogens is 2. The minimum absolute atomic E-state index is 0.0122. The quantitative estimate of drug-likeness (QED) is 0.300. The van der Waals surface area contributed by atoms with Gasteiger partial charge in [-0.2, -0.15) is 0 Å². The summed E-state index contributed by atoms with van der Waals surface area (Å²) in [6.45, 7) is 11.6. The molecule has 1 aliphatic heterocycles. The molecule has 0 N–H and O–H groups in total. The number of benzene rings is 1. The van der Waals surface area contributed by atoms with Gasteiger partial charge in [-0.05, 0) is 35.0 Å². The van der Waals surface area contributed by atoms with Gasteiger partial charge in [-0.1, -0.05) is 31.2 Å². The predicted molar refractivity (Wildman–Crippen MR) is 130 cm³/mol. The van der Waals surface area contributed by atoms with Crippen LogP contribution in [0, 0.1) is 0 Å². The smallest absolute Gasteiger partial charge is 0.152 e. The van der Waals surface area contributed by atoms with Crippen LogP contribution < -0.4 is 9.64 Å². The first kappa shape index (κ1) is 22.5. The van der Waals surface area contributed by atoms with Gasteiger partial charge in [0, 0.05) is 19.2 Å². The molecule has 0 radical (unpaired) electrons. The van der Waals surface area contributed by atoms with Crippen molar-refractivity contribution in [2.45, 2.75) is 45.4 Å². The van der Waals surface area contributed by atoms with Crippen LogP contribution in [0.3, 0.4) is 0 Å². The van der Waals surface area contributed by atoms with Crippen LogP contribution in [0.2, 0.25) is 30.7 Å². The zero-order chi connectivity index (χ0) is 22.2. The minimum atomic E-state index is -1.12. The topological polar surface area (TPSA) is 65.3 Å². The highest BCUT2D eigenvalue weighted by Gasteiger charge is 2.28. The number of imidazole rings is 1. The van der Waals surface area contributed by atoms with Crippen LogP contribution in [0.1, 0.15) is 18.7 Å². The number of nitrogens with zero attached hydrogens (tertiary/aromatic N) is 5. The molecule has 31 heavy (non-hydrogen) atoms. The lowest BCUT2D eigenvalue weighted by Crippen LogP contribution is -2.32. The predicted octanol–water partition coefficient (Wildman–Crippen LogP) is 5.51. The summed E-state index contributed by atoms with van der Waals surface area (Å²) in [6.07, 6.45) is 5.31. The second-order valence-corrected chi connectivity index (χ2v) is 15.8. The Bertz CT molecular complexity index is 1090. The van der Waals surface area contributed by atoms with Crippen molar-refractivity contribution in [1.29, 1.82) is 0 Å². The molecule has 0 amide bonds. The summed E-state index contributed by atoms with van der Waals surface area (Å²) in [6, 6.07) is 3.06. The number of anilines is 1. The lowest BCUT2D eigenvalue weighted by Gasteiger charge is -2.29. The summed E-state index contributed by atoms with van der Waals surface area (Å²) in [4.78, 5) is 15.7. The van der Waals surface area contributed by atoms with Crippen LogP contribution in [0.4, 0.5) is 5.82 Å². The maximum atomic E-state index is 6.53. The molecule has 1 unspecified atom stereocenters. The average molecular weight is 525 g/mol. The molecular formula is C21H27BrClN5O2Si. The molecule has 1 aliphatic rings. The Hall–Kier alpha value is -1.68. The molecule has 4 rings (SSSR count). The van der Waals surface area contributed by atoms with Crippen LogP contribution in [0.5, 0.6) is 5.75 Å². The second-order valence-electron chi connectivity index (χ2n) is 8.95. The van der Waals surface area contributed by atoms with Crippen molar-refractivity contribution in [1.82, 2.24) is 19.5 Å². The summed E-state index contributed by atoms with van der Waals surface area (Å²) in [5.41, 5.74) is 1.85. The van der Waals surface area contributed by atoms with E-state index in [1.807, 2.05) is 18.6 Å². The maximum absolute atomic E-state index is 6.53. The molecule has 0 saturated carbocycles. The molecule has 2 aromatic heterocycles. The summed E-state index contributed by atoms with van der Waals surface area (Å²) >= 11 is 10.0. The first-order chi connectivity index (χ1) is 14.8. The normalized spacial score (nSPS) is 15.1. The van der Waals surface area contributed by atoms with Gasteiger partial charge < -0.3 is 18.9 Å². The molecule has 0 spiro atoms. The highest BCUT2D eigenvalue weighted by molar-refractivity contribution is 9.10. The SMILES string of the molecule is CC(c1cncn1COCC[Si](C)(C)C)N1CCOc2c(Cl)c(Br)cc3ncnc1c23. The number of ether oxygens (including phenoxy) is 2. The standard InChI is InChI=1S/C21H27BrClN5O2Si/c1-14(17-10-24-12-27(17)13-29-7-8-31(2,3)4)28-5-6-30-20-18-16(9-15(22)19(20)23)25-11-26-21(18)28/h9-12,14H,5-8,13H2,1-4H3. The third kappa shape index (κ3) is 4.74. The maximum Gasteiger partial charge on any atom is 0.152 e. The first-order valence-corrected chi connectivity index (χ1v) is 15.2. The van der Waals surface area contributed by atoms with Crippen molar-refractivity contribution < 1.29 is 9.47 Å². The largest absolute Gasteiger partial charge is 0.489 e. The Morgan fingerprint density at radius 3 is 2.90 bits per heavy atom. The molecular weight excluding hydrogens is 498 g/mol. The molecule has 3 heterocycles. The monoisotopic (exact) mass is 523 g/mol. The Balaban J connectivity index is 1.62. The molecule has 0 bridgehead atoms. The van der Waals surface area contributed by atoms with Gasteiger partial charge in [-0.3, -0.25) is 0 Å². The Morgan fingerprint density at radius 1 is 1.32 bits per heavy atom. The zero-order valence-corrected chi connectivity index (χ0v) is 21.6. The van der Waals surface area contributed by atoms with Crippen molar-refractivity contribution >= 4 is 52.3 Å². The molecule has 0 aliphatic carbocycles. The highest BCUT2D eigenvalue weighted by Crippen LogP contribution is 2.44. The molecule has 1 atom stereocenters. The first-order valence-electron chi connectivity index (χ1n) is 10.4. The van der Waals surface area contributed by atoms with E-state index in [2.05, 4.69) is 66.9 Å². The third-order valence-corrected chi connectivity index (χ3v) is 8.41. The number of rotatable bonds is 7. The fourth-order valence-corrected chi connectivity index (χ4v) is 5.05. The van der Waals surface area contributed by atoms with Crippen LogP contribution in [-0.2, 0) is 11.5 Å². The van der Waals surface area contributed by atoms with E-state index in [4.69, 9.17) is 21.1 Å². The van der Waals surface area contributed by atoms with Gasteiger partial charge in [0.05, 0.1) is 46.7 Å². The molecule has 166 valence electrons. The number of aromatic nitrogens is 4. The van der Waals surface area contributed by atoms with E-state index in [1.54, 1.807) is 6.33 Å². The zero-order valence-electron chi connectivity index (χ0n) is 18.2. The molecule has 3 aromatic rings. The van der Waals surface area contributed by atoms with Gasteiger partial charge in [0.25, 0.3) is 0 Å². The van der Waals surface area contributed by atoms with Crippen molar-refractivity contribution in [3.63, 3.8) is 0 Å². The van der Waals surface area contributed by atoms with Crippen LogP contribution in [0.25, 0.3) is 10.9 Å². The molecule has 10 heteroatoms. The summed E-state index contributed by atoms with van der Waals surface area (Å²) in [5, 5.41) is 1.37. The van der Waals surface area contributed by atoms with E-state index in [1.165, 1.54) is 0 Å². The van der Waals surface area contributed by atoms with Gasteiger partial charge in [0.1, 0.15) is 25.5 Å². The van der Waals surface area contributed by atoms with Gasteiger partial charge in [0.2, 0.25) is 0 Å². The fraction of sp³-hybridized carbons (Fsp3) is 0.476. The van der Waals surface area contributed by atoms with Crippen molar-refractivity contribution in [2.24, 2.45) is 0 Å². The van der Waals surface area contributed by atoms with E-state index in [0.29, 0.717) is 30.7 Å². The van der Waals surface area contributed by atoms with Gasteiger partial charge in [-0.25, -0.2) is 15.0 Å². The molecule has 0 fully saturated rings. The van der Waals surface area contributed by atoms with E-state index < -0.39 is 8.07 Å². The minimum Gasteiger partial charge on any atom is -0.489 e. The Morgan fingerprint density at radius 2 is 2.13 bits per heavy atom. The van der Waals surface area contributed by atoms with Crippen LogP contribution >= 0.6 is 27.5 Å². The van der Waals surface area contributed by atoms with E-state index in [9.17, 15) is 0 Å². The number of hydrogen-bond donors (Lipinski definition) is 0. The Labute approximate surface area is 196 Å². The second kappa shape index (κ2) is 9.05. The van der Waals surface area contributed by atoms with E-state index in [0.717, 1.165) is 39.5 Å². The van der Waals surface area contributed by atoms with Crippen molar-refractivity contribution in [3.05, 3.63) is 40.1 Å². The fourth-order valence-electron chi connectivity index (χ4n) is 3.69. The third-order valence-electron chi connectivity index (χ3n) is 5.47.